The fourth-order valence-electron chi connectivity index (χ4n) is 3.69. The Labute approximate surface area is 114 Å². The minimum absolute atomic E-state index is 0.720. The topological polar surface area (TPSA) is 15.3 Å². The number of likely N-dealkylation sites (tertiary alicyclic amines) is 1. The molecule has 2 rings (SSSR count). The van der Waals surface area contributed by atoms with E-state index in [1.54, 1.807) is 0 Å². The molecular formula is C16H32N2. The van der Waals surface area contributed by atoms with Crippen LogP contribution in [0.25, 0.3) is 0 Å². The number of piperidine rings is 1. The molecule has 3 unspecified atom stereocenters. The van der Waals surface area contributed by atoms with Gasteiger partial charge >= 0.3 is 0 Å². The van der Waals surface area contributed by atoms with Crippen molar-refractivity contribution < 1.29 is 0 Å². The van der Waals surface area contributed by atoms with Gasteiger partial charge in [0.15, 0.2) is 0 Å². The predicted molar refractivity (Wildman–Crippen MR) is 78.9 cm³/mol. The molecule has 1 heterocycles. The minimum Gasteiger partial charge on any atom is -0.311 e. The summed E-state index contributed by atoms with van der Waals surface area (Å²) in [5, 5.41) is 3.95. The maximum Gasteiger partial charge on any atom is 0.00705 e. The molecule has 3 atom stereocenters. The van der Waals surface area contributed by atoms with E-state index in [2.05, 4.69) is 31.1 Å². The standard InChI is InChI=1S/C16H32N2/c1-13-5-4-6-16(8-7-13)17-14(2)15-9-11-18(3)12-10-15/h13-17H,4-12H2,1-3H3. The normalized spacial score (nSPS) is 34.2. The molecule has 1 saturated heterocycles. The molecule has 2 aliphatic rings. The van der Waals surface area contributed by atoms with Crippen molar-refractivity contribution in [3.05, 3.63) is 0 Å². The van der Waals surface area contributed by atoms with Gasteiger partial charge < -0.3 is 10.2 Å². The van der Waals surface area contributed by atoms with E-state index in [0.29, 0.717) is 0 Å². The Bertz CT molecular complexity index is 233. The summed E-state index contributed by atoms with van der Waals surface area (Å²) < 4.78 is 0. The van der Waals surface area contributed by atoms with Crippen LogP contribution in [0.5, 0.6) is 0 Å². The van der Waals surface area contributed by atoms with Gasteiger partial charge in [-0.1, -0.05) is 19.8 Å². The van der Waals surface area contributed by atoms with Crippen molar-refractivity contribution in [2.75, 3.05) is 20.1 Å². The van der Waals surface area contributed by atoms with Gasteiger partial charge in [0.05, 0.1) is 0 Å². The average molecular weight is 252 g/mol. The van der Waals surface area contributed by atoms with E-state index in [0.717, 1.165) is 23.9 Å². The first-order valence-electron chi connectivity index (χ1n) is 8.09. The molecule has 0 bridgehead atoms. The van der Waals surface area contributed by atoms with Crippen LogP contribution in [0.15, 0.2) is 0 Å². The summed E-state index contributed by atoms with van der Waals surface area (Å²) in [4.78, 5) is 2.47. The molecule has 0 radical (unpaired) electrons. The zero-order valence-electron chi connectivity index (χ0n) is 12.6. The maximum atomic E-state index is 3.95. The molecule has 1 N–H and O–H groups in total. The quantitative estimate of drug-likeness (QED) is 0.776. The summed E-state index contributed by atoms with van der Waals surface area (Å²) in [7, 11) is 2.25. The lowest BCUT2D eigenvalue weighted by Crippen LogP contribution is -2.44. The van der Waals surface area contributed by atoms with Gasteiger partial charge in [0.2, 0.25) is 0 Å². The lowest BCUT2D eigenvalue weighted by Gasteiger charge is -2.35. The Morgan fingerprint density at radius 3 is 2.44 bits per heavy atom. The van der Waals surface area contributed by atoms with Crippen molar-refractivity contribution in [2.45, 2.75) is 70.9 Å². The third kappa shape index (κ3) is 4.24. The first kappa shape index (κ1) is 14.3. The molecule has 0 amide bonds. The Morgan fingerprint density at radius 2 is 1.72 bits per heavy atom. The highest BCUT2D eigenvalue weighted by atomic mass is 15.1. The van der Waals surface area contributed by atoms with Crippen LogP contribution in [-0.2, 0) is 0 Å². The Balaban J connectivity index is 1.74. The molecule has 0 aromatic carbocycles. The van der Waals surface area contributed by atoms with Gasteiger partial charge in [-0.3, -0.25) is 0 Å². The highest BCUT2D eigenvalue weighted by Crippen LogP contribution is 2.25. The van der Waals surface area contributed by atoms with Crippen LogP contribution in [-0.4, -0.2) is 37.1 Å². The van der Waals surface area contributed by atoms with Crippen molar-refractivity contribution in [1.82, 2.24) is 10.2 Å². The SMILES string of the molecule is CC1CCCC(NC(C)C2CCN(C)CC2)CC1. The monoisotopic (exact) mass is 252 g/mol. The van der Waals surface area contributed by atoms with Gasteiger partial charge in [-0.25, -0.2) is 0 Å². The summed E-state index contributed by atoms with van der Waals surface area (Å²) in [5.41, 5.74) is 0. The van der Waals surface area contributed by atoms with E-state index >= 15 is 0 Å². The van der Waals surface area contributed by atoms with Gasteiger partial charge in [0.1, 0.15) is 0 Å². The fraction of sp³-hybridized carbons (Fsp3) is 1.00. The number of nitrogens with zero attached hydrogens (tertiary/aromatic N) is 1. The second kappa shape index (κ2) is 6.91. The molecule has 2 nitrogen and oxygen atoms in total. The van der Waals surface area contributed by atoms with E-state index in [1.165, 1.54) is 58.0 Å². The maximum absolute atomic E-state index is 3.95. The minimum atomic E-state index is 0.720. The molecule has 18 heavy (non-hydrogen) atoms. The third-order valence-electron chi connectivity index (χ3n) is 5.23. The first-order chi connectivity index (χ1) is 8.65. The smallest absolute Gasteiger partial charge is 0.00705 e. The lowest BCUT2D eigenvalue weighted by atomic mass is 9.89. The highest BCUT2D eigenvalue weighted by Gasteiger charge is 2.25. The Hall–Kier alpha value is -0.0800. The molecule has 2 fully saturated rings. The third-order valence-corrected chi connectivity index (χ3v) is 5.23. The summed E-state index contributed by atoms with van der Waals surface area (Å²) in [6, 6.07) is 1.52. The average Bonchev–Trinajstić information content (AvgIpc) is 2.55. The number of nitrogens with one attached hydrogen (secondary N) is 1. The predicted octanol–water partition coefficient (Wildman–Crippen LogP) is 3.28. The van der Waals surface area contributed by atoms with Gasteiger partial charge in [-0.2, -0.15) is 0 Å². The van der Waals surface area contributed by atoms with Crippen molar-refractivity contribution in [3.63, 3.8) is 0 Å². The van der Waals surface area contributed by atoms with E-state index < -0.39 is 0 Å². The molecular weight excluding hydrogens is 220 g/mol. The molecule has 1 aliphatic carbocycles. The number of rotatable bonds is 3. The molecule has 1 saturated carbocycles. The van der Waals surface area contributed by atoms with Gasteiger partial charge in [0, 0.05) is 12.1 Å². The van der Waals surface area contributed by atoms with Crippen LogP contribution in [0.4, 0.5) is 0 Å². The number of hydrogen-bond acceptors (Lipinski definition) is 2. The summed E-state index contributed by atoms with van der Waals surface area (Å²) in [6.07, 6.45) is 9.87. The fourth-order valence-corrected chi connectivity index (χ4v) is 3.69. The summed E-state index contributed by atoms with van der Waals surface area (Å²) >= 11 is 0. The van der Waals surface area contributed by atoms with Crippen molar-refractivity contribution in [3.8, 4) is 0 Å². The zero-order valence-corrected chi connectivity index (χ0v) is 12.6. The van der Waals surface area contributed by atoms with E-state index in [-0.39, 0.29) is 0 Å². The van der Waals surface area contributed by atoms with Crippen LogP contribution in [0.3, 0.4) is 0 Å². The van der Waals surface area contributed by atoms with Crippen LogP contribution in [0.1, 0.15) is 58.8 Å². The molecule has 0 aromatic rings. The molecule has 0 aromatic heterocycles. The molecule has 106 valence electrons. The van der Waals surface area contributed by atoms with Crippen LogP contribution < -0.4 is 5.32 Å². The molecule has 1 aliphatic heterocycles. The second-order valence-corrected chi connectivity index (χ2v) is 6.91. The Kier molecular flexibility index (Phi) is 5.50. The molecule has 0 spiro atoms. The van der Waals surface area contributed by atoms with Crippen LogP contribution >= 0.6 is 0 Å². The van der Waals surface area contributed by atoms with Gasteiger partial charge in [0.25, 0.3) is 0 Å². The van der Waals surface area contributed by atoms with Crippen LogP contribution in [0, 0.1) is 11.8 Å². The van der Waals surface area contributed by atoms with Crippen molar-refractivity contribution in [1.29, 1.82) is 0 Å². The molecule has 2 heteroatoms. The summed E-state index contributed by atoms with van der Waals surface area (Å²) in [5.74, 6) is 1.86. The van der Waals surface area contributed by atoms with Crippen molar-refractivity contribution in [2.24, 2.45) is 11.8 Å². The van der Waals surface area contributed by atoms with Crippen molar-refractivity contribution >= 4 is 0 Å². The van der Waals surface area contributed by atoms with E-state index in [4.69, 9.17) is 0 Å². The van der Waals surface area contributed by atoms with E-state index in [9.17, 15) is 0 Å². The number of hydrogen-bond donors (Lipinski definition) is 1. The van der Waals surface area contributed by atoms with E-state index in [1.807, 2.05) is 0 Å². The second-order valence-electron chi connectivity index (χ2n) is 6.91. The van der Waals surface area contributed by atoms with Gasteiger partial charge in [-0.15, -0.1) is 0 Å². The Morgan fingerprint density at radius 1 is 1.00 bits per heavy atom. The summed E-state index contributed by atoms with van der Waals surface area (Å²) in [6.45, 7) is 7.42. The first-order valence-corrected chi connectivity index (χ1v) is 8.09. The zero-order chi connectivity index (χ0) is 13.0. The van der Waals surface area contributed by atoms with Crippen LogP contribution in [0.2, 0.25) is 0 Å². The largest absolute Gasteiger partial charge is 0.311 e. The highest BCUT2D eigenvalue weighted by molar-refractivity contribution is 4.82. The lowest BCUT2D eigenvalue weighted by molar-refractivity contribution is 0.181. The van der Waals surface area contributed by atoms with Gasteiger partial charge in [-0.05, 0) is 71.0 Å².